The second-order valence-electron chi connectivity index (χ2n) is 8.43. The fourth-order valence-electron chi connectivity index (χ4n) is 4.10. The van der Waals surface area contributed by atoms with Gasteiger partial charge < -0.3 is 15.5 Å². The second-order valence-corrected chi connectivity index (χ2v) is 8.84. The summed E-state index contributed by atoms with van der Waals surface area (Å²) in [6, 6.07) is 18.5. The molecular weight excluding hydrogens is 462 g/mol. The van der Waals surface area contributed by atoms with Crippen molar-refractivity contribution in [3.05, 3.63) is 94.9 Å². The lowest BCUT2D eigenvalue weighted by Gasteiger charge is -2.29. The number of pyridine rings is 1. The van der Waals surface area contributed by atoms with Gasteiger partial charge in [-0.1, -0.05) is 29.8 Å². The van der Waals surface area contributed by atoms with Crippen LogP contribution in [0.4, 0.5) is 17.3 Å². The molecule has 1 atom stereocenters. The summed E-state index contributed by atoms with van der Waals surface area (Å²) >= 11 is 6.62. The Balaban J connectivity index is 1.59. The fourth-order valence-corrected chi connectivity index (χ4v) is 4.33. The largest absolute Gasteiger partial charge is 0.378 e. The van der Waals surface area contributed by atoms with Crippen molar-refractivity contribution in [2.24, 2.45) is 0 Å². The molecule has 0 radical (unpaired) electrons. The number of halogens is 1. The number of rotatable bonds is 5. The molecule has 2 N–H and O–H groups in total. The van der Waals surface area contributed by atoms with Gasteiger partial charge >= 0.3 is 0 Å². The van der Waals surface area contributed by atoms with Gasteiger partial charge in [0.25, 0.3) is 5.91 Å². The van der Waals surface area contributed by atoms with E-state index in [1.165, 1.54) is 0 Å². The van der Waals surface area contributed by atoms with Gasteiger partial charge in [0.05, 0.1) is 17.5 Å². The summed E-state index contributed by atoms with van der Waals surface area (Å²) in [5, 5.41) is 11.5. The van der Waals surface area contributed by atoms with E-state index in [-0.39, 0.29) is 5.91 Å². The van der Waals surface area contributed by atoms with E-state index in [1.54, 1.807) is 29.2 Å². The van der Waals surface area contributed by atoms with Crippen LogP contribution in [0.5, 0.6) is 0 Å². The van der Waals surface area contributed by atoms with Crippen LogP contribution < -0.4 is 15.5 Å². The minimum atomic E-state index is -0.570. The lowest BCUT2D eigenvalue weighted by atomic mass is 9.95. The van der Waals surface area contributed by atoms with Gasteiger partial charge in [0.2, 0.25) is 5.95 Å². The average Bonchev–Trinajstić information content (AvgIpc) is 3.28. The molecular formula is C26H24ClN7O. The van der Waals surface area contributed by atoms with Crippen LogP contribution in [0.25, 0.3) is 11.4 Å². The average molecular weight is 486 g/mol. The third-order valence-corrected chi connectivity index (χ3v) is 6.20. The molecule has 1 aliphatic heterocycles. The van der Waals surface area contributed by atoms with Crippen molar-refractivity contribution >= 4 is 34.8 Å². The Hall–Kier alpha value is -4.17. The molecule has 176 valence electrons. The number of hydrogen-bond acceptors (Lipinski definition) is 6. The van der Waals surface area contributed by atoms with E-state index in [9.17, 15) is 4.79 Å². The lowest BCUT2D eigenvalue weighted by Crippen LogP contribution is -2.31. The SMILES string of the molecule is CC1=C(C(=O)Nc2cccnc2)[C@H](c2ccccc2Cl)n2nc(-c3ccc(N(C)C)cc3)nc2N1. The van der Waals surface area contributed by atoms with Gasteiger partial charge in [-0.15, -0.1) is 5.10 Å². The van der Waals surface area contributed by atoms with Crippen LogP contribution in [0.3, 0.4) is 0 Å². The monoisotopic (exact) mass is 485 g/mol. The van der Waals surface area contributed by atoms with E-state index in [2.05, 4.69) is 15.6 Å². The molecule has 0 unspecified atom stereocenters. The summed E-state index contributed by atoms with van der Waals surface area (Å²) in [7, 11) is 3.99. The minimum absolute atomic E-state index is 0.272. The van der Waals surface area contributed by atoms with Crippen LogP contribution in [-0.2, 0) is 4.79 Å². The number of allylic oxidation sites excluding steroid dienone is 1. The molecule has 3 heterocycles. The maximum Gasteiger partial charge on any atom is 0.255 e. The molecule has 4 aromatic rings. The van der Waals surface area contributed by atoms with Gasteiger partial charge in [0, 0.05) is 47.8 Å². The molecule has 0 aliphatic carbocycles. The Morgan fingerprint density at radius 2 is 1.86 bits per heavy atom. The Labute approximate surface area is 208 Å². The van der Waals surface area contributed by atoms with Crippen molar-refractivity contribution in [3.8, 4) is 11.4 Å². The summed E-state index contributed by atoms with van der Waals surface area (Å²) in [5.74, 6) is 0.819. The van der Waals surface area contributed by atoms with E-state index >= 15 is 0 Å². The Morgan fingerprint density at radius 1 is 1.09 bits per heavy atom. The van der Waals surface area contributed by atoms with Crippen molar-refractivity contribution in [3.63, 3.8) is 0 Å². The lowest BCUT2D eigenvalue weighted by molar-refractivity contribution is -0.113. The van der Waals surface area contributed by atoms with Crippen LogP contribution in [0.1, 0.15) is 18.5 Å². The highest BCUT2D eigenvalue weighted by atomic mass is 35.5. The first-order valence-electron chi connectivity index (χ1n) is 11.1. The molecule has 1 aliphatic rings. The predicted molar refractivity (Wildman–Crippen MR) is 139 cm³/mol. The Morgan fingerprint density at radius 3 is 2.54 bits per heavy atom. The molecule has 5 rings (SSSR count). The fraction of sp³-hybridized carbons (Fsp3) is 0.154. The molecule has 9 heteroatoms. The second kappa shape index (κ2) is 9.23. The van der Waals surface area contributed by atoms with Crippen LogP contribution in [-0.4, -0.2) is 39.8 Å². The number of hydrogen-bond donors (Lipinski definition) is 2. The van der Waals surface area contributed by atoms with Crippen molar-refractivity contribution in [1.82, 2.24) is 19.7 Å². The zero-order valence-corrected chi connectivity index (χ0v) is 20.3. The summed E-state index contributed by atoms with van der Waals surface area (Å²) < 4.78 is 1.72. The summed E-state index contributed by atoms with van der Waals surface area (Å²) in [6.45, 7) is 1.85. The quantitative estimate of drug-likeness (QED) is 0.414. The standard InChI is InChI=1S/C26H24ClN7O/c1-16-22(25(35)30-18-7-6-14-28-15-18)23(20-8-4-5-9-21(20)27)34-26(29-16)31-24(32-34)17-10-12-19(13-11-17)33(2)3/h4-15,23H,1-3H3,(H,30,35)(H,29,31,32)/t23-/m0/s1. The highest BCUT2D eigenvalue weighted by Gasteiger charge is 2.35. The zero-order chi connectivity index (χ0) is 24.5. The van der Waals surface area contributed by atoms with Crippen molar-refractivity contribution < 1.29 is 4.79 Å². The minimum Gasteiger partial charge on any atom is -0.378 e. The first kappa shape index (κ1) is 22.6. The zero-order valence-electron chi connectivity index (χ0n) is 19.5. The highest BCUT2D eigenvalue weighted by Crippen LogP contribution is 2.39. The van der Waals surface area contributed by atoms with Gasteiger partial charge in [0.15, 0.2) is 5.82 Å². The molecule has 35 heavy (non-hydrogen) atoms. The third-order valence-electron chi connectivity index (χ3n) is 5.86. The molecule has 0 saturated carbocycles. The van der Waals surface area contributed by atoms with Crippen LogP contribution >= 0.6 is 11.6 Å². The molecule has 0 fully saturated rings. The van der Waals surface area contributed by atoms with E-state index in [4.69, 9.17) is 21.7 Å². The van der Waals surface area contributed by atoms with E-state index in [0.29, 0.717) is 33.8 Å². The van der Waals surface area contributed by atoms with E-state index < -0.39 is 6.04 Å². The third kappa shape index (κ3) is 4.36. The molecule has 0 bridgehead atoms. The predicted octanol–water partition coefficient (Wildman–Crippen LogP) is 4.99. The van der Waals surface area contributed by atoms with Gasteiger partial charge in [-0.25, -0.2) is 4.68 Å². The van der Waals surface area contributed by atoms with Crippen molar-refractivity contribution in [1.29, 1.82) is 0 Å². The van der Waals surface area contributed by atoms with E-state index in [1.807, 2.05) is 74.4 Å². The van der Waals surface area contributed by atoms with Crippen LogP contribution in [0.15, 0.2) is 84.3 Å². The number of carbonyl (C=O) groups is 1. The first-order valence-corrected chi connectivity index (χ1v) is 11.5. The summed E-state index contributed by atoms with van der Waals surface area (Å²) in [5.41, 5.74) is 4.47. The number of anilines is 3. The number of aromatic nitrogens is 4. The number of amides is 1. The Bertz CT molecular complexity index is 1410. The van der Waals surface area contributed by atoms with Crippen LogP contribution in [0, 0.1) is 0 Å². The number of benzene rings is 2. The van der Waals surface area contributed by atoms with Gasteiger partial charge in [-0.3, -0.25) is 9.78 Å². The molecule has 8 nitrogen and oxygen atoms in total. The molecule has 0 saturated heterocycles. The smallest absolute Gasteiger partial charge is 0.255 e. The van der Waals surface area contributed by atoms with Gasteiger partial charge in [-0.05, 0) is 49.4 Å². The number of nitrogens with one attached hydrogen (secondary N) is 2. The van der Waals surface area contributed by atoms with Crippen LogP contribution in [0.2, 0.25) is 5.02 Å². The van der Waals surface area contributed by atoms with Crippen molar-refractivity contribution in [2.45, 2.75) is 13.0 Å². The molecule has 2 aromatic carbocycles. The van der Waals surface area contributed by atoms with E-state index in [0.717, 1.165) is 16.8 Å². The maximum atomic E-state index is 13.5. The number of carbonyl (C=O) groups excluding carboxylic acids is 1. The molecule has 0 spiro atoms. The maximum absolute atomic E-state index is 13.5. The Kier molecular flexibility index (Phi) is 5.96. The summed E-state index contributed by atoms with van der Waals surface area (Å²) in [6.07, 6.45) is 3.26. The summed E-state index contributed by atoms with van der Waals surface area (Å²) in [4.78, 5) is 24.4. The topological polar surface area (TPSA) is 88.0 Å². The highest BCUT2D eigenvalue weighted by molar-refractivity contribution is 6.31. The number of fused-ring (bicyclic) bond motifs is 1. The molecule has 2 aromatic heterocycles. The normalized spacial score (nSPS) is 14.8. The first-order chi connectivity index (χ1) is 16.9. The molecule has 1 amide bonds. The van der Waals surface area contributed by atoms with Gasteiger partial charge in [0.1, 0.15) is 6.04 Å². The van der Waals surface area contributed by atoms with Gasteiger partial charge in [-0.2, -0.15) is 4.98 Å². The van der Waals surface area contributed by atoms with Crippen molar-refractivity contribution in [2.75, 3.05) is 29.6 Å². The number of nitrogens with zero attached hydrogens (tertiary/aromatic N) is 5.